The van der Waals surface area contributed by atoms with Gasteiger partial charge in [0.15, 0.2) is 0 Å². The third-order valence-electron chi connectivity index (χ3n) is 2.16. The van der Waals surface area contributed by atoms with Gasteiger partial charge in [-0.25, -0.2) is 0 Å². The summed E-state index contributed by atoms with van der Waals surface area (Å²) in [7, 11) is 0. The third kappa shape index (κ3) is 14.8. The van der Waals surface area contributed by atoms with Gasteiger partial charge in [-0.1, -0.05) is 0 Å². The predicted molar refractivity (Wildman–Crippen MR) is 66.8 cm³/mol. The summed E-state index contributed by atoms with van der Waals surface area (Å²) in [6.07, 6.45) is 0. The number of hydrogen-bond acceptors (Lipinski definition) is 7. The fraction of sp³-hybridized carbons (Fsp3) is 0.600. The standard InChI is InChI=1S/C10H16N2O8.H3N.Zn/c13-7(14)3-11(4-8(15)16)1-2-12(5-9(17)18)6-10(19)20;;/h1-6H2,(H,13,14)(H,15,16)(H,17,18)(H,19,20);1H3;. The van der Waals surface area contributed by atoms with Crippen LogP contribution in [0, 0.1) is 0 Å². The quantitative estimate of drug-likeness (QED) is 0.270. The van der Waals surface area contributed by atoms with Crippen LogP contribution in [0.15, 0.2) is 0 Å². The Bertz CT molecular complexity index is 324. The summed E-state index contributed by atoms with van der Waals surface area (Å²) in [5, 5.41) is 36.3. The summed E-state index contributed by atoms with van der Waals surface area (Å²) in [6.45, 7) is -2.50. The van der Waals surface area contributed by atoms with E-state index in [2.05, 4.69) is 0 Å². The van der Waals surface area contributed by atoms with Crippen molar-refractivity contribution in [2.45, 2.75) is 0 Å². The van der Waals surface area contributed by atoms with Crippen LogP contribution < -0.4 is 11.3 Å². The van der Waals surface area contributed by atoms with Gasteiger partial charge in [0.2, 0.25) is 0 Å². The van der Waals surface area contributed by atoms with Crippen LogP contribution in [0.4, 0.5) is 0 Å². The van der Waals surface area contributed by atoms with Gasteiger partial charge in [0, 0.05) is 39.1 Å². The summed E-state index contributed by atoms with van der Waals surface area (Å²) in [5.41, 5.74) is 0. The fourth-order valence-electron chi connectivity index (χ4n) is 1.47. The van der Waals surface area contributed by atoms with E-state index in [-0.39, 0.29) is 38.7 Å². The van der Waals surface area contributed by atoms with Crippen LogP contribution in [0.1, 0.15) is 0 Å². The molecular formula is C10H19N3O8Zn. The molecule has 0 saturated heterocycles. The Labute approximate surface area is 138 Å². The summed E-state index contributed by atoms with van der Waals surface area (Å²) in [4.78, 5) is 44.1. The molecule has 7 N–H and O–H groups in total. The molecule has 11 nitrogen and oxygen atoms in total. The molecule has 0 unspecified atom stereocenters. The molecule has 0 bridgehead atoms. The smallest absolute Gasteiger partial charge is 0.317 e. The van der Waals surface area contributed by atoms with E-state index in [0.717, 1.165) is 9.80 Å². The van der Waals surface area contributed by atoms with Gasteiger partial charge in [0.25, 0.3) is 0 Å². The van der Waals surface area contributed by atoms with Gasteiger partial charge in [-0.15, -0.1) is 0 Å². The van der Waals surface area contributed by atoms with Gasteiger partial charge in [0.05, 0.1) is 25.6 Å². The molecule has 0 fully saturated rings. The van der Waals surface area contributed by atoms with Crippen LogP contribution in [0.25, 0.3) is 0 Å². The molecule has 0 atom stereocenters. The van der Waals surface area contributed by atoms with Crippen LogP contribution in [-0.4, -0.2) is 88.3 Å². The van der Waals surface area contributed by atoms with Crippen LogP contribution in [0.5, 0.6) is 0 Å². The molecule has 22 heavy (non-hydrogen) atoms. The first kappa shape index (κ1) is 25.3. The zero-order valence-electron chi connectivity index (χ0n) is 12.2. The van der Waals surface area contributed by atoms with Gasteiger partial charge >= 0.3 is 17.9 Å². The molecule has 0 aliphatic carbocycles. The van der Waals surface area contributed by atoms with Crippen molar-refractivity contribution in [3.63, 3.8) is 0 Å². The average Bonchev–Trinajstić information content (AvgIpc) is 2.22. The van der Waals surface area contributed by atoms with Crippen LogP contribution in [0.2, 0.25) is 0 Å². The molecule has 0 aliphatic rings. The maximum absolute atomic E-state index is 10.5. The molecule has 0 spiro atoms. The molecule has 0 saturated carbocycles. The predicted octanol–water partition coefficient (Wildman–Crippen LogP) is -3.03. The van der Waals surface area contributed by atoms with Crippen LogP contribution in [-0.2, 0) is 38.7 Å². The zero-order chi connectivity index (χ0) is 15.7. The SMILES string of the molecule is O=C([O-])CN(CCN(CC(=O)O)CC(=O)O)CC(=O)O.[NH4+].[Zn]. The molecule has 0 heterocycles. The van der Waals surface area contributed by atoms with Gasteiger partial charge in [-0.3, -0.25) is 24.2 Å². The van der Waals surface area contributed by atoms with Crippen molar-refractivity contribution in [1.29, 1.82) is 0 Å². The second-order valence-corrected chi connectivity index (χ2v) is 3.97. The second-order valence-electron chi connectivity index (χ2n) is 3.97. The minimum absolute atomic E-state index is 0. The monoisotopic (exact) mass is 373 g/mol. The molecule has 0 rings (SSSR count). The first-order valence-electron chi connectivity index (χ1n) is 5.50. The van der Waals surface area contributed by atoms with E-state index in [9.17, 15) is 24.3 Å². The molecule has 124 valence electrons. The van der Waals surface area contributed by atoms with Crippen molar-refractivity contribution in [3.8, 4) is 0 Å². The summed E-state index contributed by atoms with van der Waals surface area (Å²) in [6, 6.07) is 0. The Morgan fingerprint density at radius 3 is 1.23 bits per heavy atom. The Hall–Kier alpha value is -1.62. The Morgan fingerprint density at radius 2 is 1.00 bits per heavy atom. The topological polar surface area (TPSA) is 195 Å². The number of hydrogen-bond donors (Lipinski definition) is 4. The minimum atomic E-state index is -1.48. The van der Waals surface area contributed by atoms with Gasteiger partial charge in [-0.2, -0.15) is 0 Å². The number of carbonyl (C=O) groups is 4. The maximum Gasteiger partial charge on any atom is 0.317 e. The molecule has 0 aliphatic heterocycles. The second kappa shape index (κ2) is 13.1. The largest absolute Gasteiger partial charge is 0.549 e. The number of carboxylic acids is 4. The molecular weight excluding hydrogens is 356 g/mol. The van der Waals surface area contributed by atoms with E-state index in [1.54, 1.807) is 0 Å². The number of carbonyl (C=O) groups excluding carboxylic acids is 1. The first-order valence-corrected chi connectivity index (χ1v) is 5.50. The summed E-state index contributed by atoms with van der Waals surface area (Å²) in [5.74, 6) is -5.21. The van der Waals surface area contributed by atoms with E-state index in [1.807, 2.05) is 0 Å². The van der Waals surface area contributed by atoms with E-state index >= 15 is 0 Å². The molecule has 0 aromatic heterocycles. The number of rotatable bonds is 11. The Kier molecular flexibility index (Phi) is 15.1. The molecule has 0 radical (unpaired) electrons. The van der Waals surface area contributed by atoms with Crippen molar-refractivity contribution in [2.75, 3.05) is 39.3 Å². The van der Waals surface area contributed by atoms with E-state index in [1.165, 1.54) is 0 Å². The van der Waals surface area contributed by atoms with Gasteiger partial charge < -0.3 is 31.4 Å². The fourth-order valence-corrected chi connectivity index (χ4v) is 1.47. The number of aliphatic carboxylic acids is 4. The van der Waals surface area contributed by atoms with Crippen molar-refractivity contribution >= 4 is 23.9 Å². The number of nitrogens with zero attached hydrogens (tertiary/aromatic N) is 2. The Balaban J connectivity index is -0.00000180. The molecule has 12 heteroatoms. The van der Waals surface area contributed by atoms with Crippen molar-refractivity contribution in [3.05, 3.63) is 0 Å². The van der Waals surface area contributed by atoms with Crippen LogP contribution in [0.3, 0.4) is 0 Å². The van der Waals surface area contributed by atoms with Crippen molar-refractivity contribution in [1.82, 2.24) is 16.0 Å². The van der Waals surface area contributed by atoms with Crippen molar-refractivity contribution < 1.29 is 59.1 Å². The summed E-state index contributed by atoms with van der Waals surface area (Å²) < 4.78 is 0. The van der Waals surface area contributed by atoms with Gasteiger partial charge in [-0.05, 0) is 0 Å². The number of carboxylic acid groups (broad SMARTS) is 4. The maximum atomic E-state index is 10.5. The molecule has 0 aromatic carbocycles. The van der Waals surface area contributed by atoms with Crippen LogP contribution >= 0.6 is 0 Å². The van der Waals surface area contributed by atoms with Crippen molar-refractivity contribution in [2.24, 2.45) is 0 Å². The average molecular weight is 375 g/mol. The third-order valence-corrected chi connectivity index (χ3v) is 2.16. The zero-order valence-corrected chi connectivity index (χ0v) is 15.2. The minimum Gasteiger partial charge on any atom is -0.549 e. The Morgan fingerprint density at radius 1 is 0.727 bits per heavy atom. The molecule has 0 aromatic rings. The first-order chi connectivity index (χ1) is 9.20. The van der Waals surface area contributed by atoms with Gasteiger partial charge in [0.1, 0.15) is 0 Å². The summed E-state index contributed by atoms with van der Waals surface area (Å²) >= 11 is 0. The molecule has 0 amide bonds. The number of quaternary nitrogens is 1. The normalized spacial score (nSPS) is 9.73. The van der Waals surface area contributed by atoms with E-state index < -0.39 is 50.1 Å². The van der Waals surface area contributed by atoms with E-state index in [4.69, 9.17) is 15.3 Å². The van der Waals surface area contributed by atoms with E-state index in [0.29, 0.717) is 0 Å².